The van der Waals surface area contributed by atoms with Crippen molar-refractivity contribution in [2.24, 2.45) is 0 Å². The smallest absolute Gasteiger partial charge is 0.0975 e. The van der Waals surface area contributed by atoms with Crippen molar-refractivity contribution in [3.8, 4) is 0 Å². The summed E-state index contributed by atoms with van der Waals surface area (Å²) in [4.78, 5) is 0. The zero-order valence-corrected chi connectivity index (χ0v) is 9.94. The third-order valence-corrected chi connectivity index (χ3v) is 3.27. The van der Waals surface area contributed by atoms with Crippen LogP contribution in [0.3, 0.4) is 0 Å². The Morgan fingerprint density at radius 2 is 2.36 bits per heavy atom. The van der Waals surface area contributed by atoms with Gasteiger partial charge in [0.05, 0.1) is 12.7 Å². The van der Waals surface area contributed by atoms with Gasteiger partial charge in [0.25, 0.3) is 0 Å². The highest BCUT2D eigenvalue weighted by molar-refractivity contribution is 9.10. The summed E-state index contributed by atoms with van der Waals surface area (Å²) in [6.07, 6.45) is 0.0619. The molecule has 1 aliphatic heterocycles. The highest BCUT2D eigenvalue weighted by atomic mass is 79.9. The molecule has 0 aliphatic carbocycles. The number of hydrogen-bond acceptors (Lipinski definition) is 2. The van der Waals surface area contributed by atoms with Gasteiger partial charge in [0.15, 0.2) is 0 Å². The van der Waals surface area contributed by atoms with Crippen molar-refractivity contribution in [3.63, 3.8) is 0 Å². The summed E-state index contributed by atoms with van der Waals surface area (Å²) >= 11 is 9.62. The maximum Gasteiger partial charge on any atom is 0.0975 e. The molecule has 1 unspecified atom stereocenters. The van der Waals surface area contributed by atoms with Gasteiger partial charge in [0.2, 0.25) is 0 Å². The van der Waals surface area contributed by atoms with Crippen LogP contribution in [0.4, 0.5) is 0 Å². The minimum Gasteiger partial charge on any atom is -0.371 e. The zero-order chi connectivity index (χ0) is 9.97. The average molecular weight is 277 g/mol. The Balaban J connectivity index is 2.29. The molecule has 4 heteroatoms. The van der Waals surface area contributed by atoms with E-state index in [1.807, 2.05) is 18.2 Å². The van der Waals surface area contributed by atoms with Crippen molar-refractivity contribution in [1.29, 1.82) is 0 Å². The van der Waals surface area contributed by atoms with Crippen LogP contribution in [0.15, 0.2) is 22.7 Å². The summed E-state index contributed by atoms with van der Waals surface area (Å²) in [5.74, 6) is 0. The molecule has 1 aromatic rings. The molecule has 1 aliphatic rings. The molecule has 1 N–H and O–H groups in total. The Labute approximate surface area is 96.7 Å². The molecule has 1 saturated heterocycles. The molecule has 1 fully saturated rings. The monoisotopic (exact) mass is 275 g/mol. The van der Waals surface area contributed by atoms with Crippen LogP contribution in [0, 0.1) is 0 Å². The van der Waals surface area contributed by atoms with Crippen molar-refractivity contribution in [2.45, 2.75) is 6.10 Å². The Morgan fingerprint density at radius 1 is 1.50 bits per heavy atom. The molecule has 1 atom stereocenters. The molecule has 76 valence electrons. The van der Waals surface area contributed by atoms with E-state index in [-0.39, 0.29) is 6.10 Å². The number of rotatable bonds is 1. The van der Waals surface area contributed by atoms with Crippen LogP contribution in [-0.2, 0) is 4.74 Å². The van der Waals surface area contributed by atoms with E-state index in [4.69, 9.17) is 16.3 Å². The molecule has 2 rings (SSSR count). The number of nitrogens with one attached hydrogen (secondary N) is 1. The standard InChI is InChI=1S/C10H11BrClNO/c11-7-2-1-3-8(12)10(7)9-6-13-4-5-14-9/h1-3,9,13H,4-6H2. The Kier molecular flexibility index (Phi) is 3.44. The van der Waals surface area contributed by atoms with Crippen LogP contribution in [0.1, 0.15) is 11.7 Å². The first-order chi connectivity index (χ1) is 6.79. The lowest BCUT2D eigenvalue weighted by Gasteiger charge is -2.25. The lowest BCUT2D eigenvalue weighted by atomic mass is 10.1. The second kappa shape index (κ2) is 4.62. The number of halogens is 2. The summed E-state index contributed by atoms with van der Waals surface area (Å²) in [5.41, 5.74) is 1.04. The highest BCUT2D eigenvalue weighted by Crippen LogP contribution is 2.32. The van der Waals surface area contributed by atoms with Crippen molar-refractivity contribution < 1.29 is 4.74 Å². The van der Waals surface area contributed by atoms with Gasteiger partial charge in [0, 0.05) is 28.1 Å². The average Bonchev–Trinajstić information content (AvgIpc) is 2.19. The van der Waals surface area contributed by atoms with Gasteiger partial charge in [-0.15, -0.1) is 0 Å². The normalized spacial score (nSPS) is 22.3. The molecule has 0 bridgehead atoms. The van der Waals surface area contributed by atoms with E-state index in [2.05, 4.69) is 21.2 Å². The quantitative estimate of drug-likeness (QED) is 0.852. The van der Waals surface area contributed by atoms with Crippen LogP contribution >= 0.6 is 27.5 Å². The molecule has 0 radical (unpaired) electrons. The highest BCUT2D eigenvalue weighted by Gasteiger charge is 2.20. The molecule has 0 saturated carbocycles. The van der Waals surface area contributed by atoms with Gasteiger partial charge in [0.1, 0.15) is 0 Å². The van der Waals surface area contributed by atoms with Gasteiger partial charge in [-0.1, -0.05) is 33.6 Å². The van der Waals surface area contributed by atoms with E-state index in [1.165, 1.54) is 0 Å². The summed E-state index contributed by atoms with van der Waals surface area (Å²) < 4.78 is 6.66. The Hall–Kier alpha value is -0.0900. The van der Waals surface area contributed by atoms with Crippen LogP contribution in [0.5, 0.6) is 0 Å². The number of morpholine rings is 1. The van der Waals surface area contributed by atoms with Gasteiger partial charge < -0.3 is 10.1 Å². The van der Waals surface area contributed by atoms with Crippen molar-refractivity contribution in [3.05, 3.63) is 33.3 Å². The third-order valence-electron chi connectivity index (χ3n) is 2.25. The van der Waals surface area contributed by atoms with Crippen LogP contribution in [-0.4, -0.2) is 19.7 Å². The van der Waals surface area contributed by atoms with Crippen LogP contribution < -0.4 is 5.32 Å². The molecule has 0 aromatic heterocycles. The largest absolute Gasteiger partial charge is 0.371 e. The fourth-order valence-electron chi connectivity index (χ4n) is 1.57. The van der Waals surface area contributed by atoms with E-state index < -0.39 is 0 Å². The first-order valence-corrected chi connectivity index (χ1v) is 5.72. The minimum atomic E-state index is 0.0619. The predicted octanol–water partition coefficient (Wildman–Crippen LogP) is 2.76. The summed E-state index contributed by atoms with van der Waals surface area (Å²) in [6.45, 7) is 2.48. The number of benzene rings is 1. The van der Waals surface area contributed by atoms with E-state index in [1.54, 1.807) is 0 Å². The lowest BCUT2D eigenvalue weighted by Crippen LogP contribution is -2.33. The minimum absolute atomic E-state index is 0.0619. The lowest BCUT2D eigenvalue weighted by molar-refractivity contribution is 0.0273. The molecule has 0 amide bonds. The molecular formula is C10H11BrClNO. The maximum atomic E-state index is 6.13. The van der Waals surface area contributed by atoms with Gasteiger partial charge in [-0.05, 0) is 12.1 Å². The Bertz CT molecular complexity index is 306. The van der Waals surface area contributed by atoms with Gasteiger partial charge in [-0.25, -0.2) is 0 Å². The zero-order valence-electron chi connectivity index (χ0n) is 7.59. The van der Waals surface area contributed by atoms with Crippen molar-refractivity contribution in [1.82, 2.24) is 5.32 Å². The number of hydrogen-bond donors (Lipinski definition) is 1. The fraction of sp³-hybridized carbons (Fsp3) is 0.400. The first kappa shape index (κ1) is 10.4. The summed E-state index contributed by atoms with van der Waals surface area (Å²) in [7, 11) is 0. The van der Waals surface area contributed by atoms with E-state index in [0.717, 1.165) is 34.8 Å². The molecule has 1 aromatic carbocycles. The second-order valence-corrected chi connectivity index (χ2v) is 4.46. The molecule has 14 heavy (non-hydrogen) atoms. The molecule has 1 heterocycles. The molecule has 2 nitrogen and oxygen atoms in total. The van der Waals surface area contributed by atoms with Gasteiger partial charge >= 0.3 is 0 Å². The maximum absolute atomic E-state index is 6.13. The van der Waals surface area contributed by atoms with E-state index in [9.17, 15) is 0 Å². The number of ether oxygens (including phenoxy) is 1. The van der Waals surface area contributed by atoms with Gasteiger partial charge in [-0.3, -0.25) is 0 Å². The van der Waals surface area contributed by atoms with Crippen molar-refractivity contribution >= 4 is 27.5 Å². The topological polar surface area (TPSA) is 21.3 Å². The van der Waals surface area contributed by atoms with Crippen LogP contribution in [0.25, 0.3) is 0 Å². The fourth-order valence-corrected chi connectivity index (χ4v) is 2.60. The van der Waals surface area contributed by atoms with Crippen molar-refractivity contribution in [2.75, 3.05) is 19.7 Å². The second-order valence-electron chi connectivity index (χ2n) is 3.20. The van der Waals surface area contributed by atoms with Gasteiger partial charge in [-0.2, -0.15) is 0 Å². The SMILES string of the molecule is Clc1cccc(Br)c1C1CNCCO1. The third kappa shape index (κ3) is 2.11. The summed E-state index contributed by atoms with van der Waals surface area (Å²) in [5, 5.41) is 4.04. The van der Waals surface area contributed by atoms with E-state index in [0.29, 0.717) is 0 Å². The van der Waals surface area contributed by atoms with Crippen LogP contribution in [0.2, 0.25) is 5.02 Å². The molecule has 0 spiro atoms. The Morgan fingerprint density at radius 3 is 3.00 bits per heavy atom. The first-order valence-electron chi connectivity index (χ1n) is 4.55. The summed E-state index contributed by atoms with van der Waals surface area (Å²) in [6, 6.07) is 5.80. The van der Waals surface area contributed by atoms with E-state index >= 15 is 0 Å². The predicted molar refractivity (Wildman–Crippen MR) is 60.7 cm³/mol. The molecular weight excluding hydrogens is 265 g/mol.